The average molecular weight is 261 g/mol. The van der Waals surface area contributed by atoms with Crippen LogP contribution in [-0.4, -0.2) is 29.3 Å². The quantitative estimate of drug-likeness (QED) is 0.824. The van der Waals surface area contributed by atoms with Gasteiger partial charge in [0.1, 0.15) is 13.2 Å². The Bertz CT molecular complexity index is 347. The molecule has 5 heteroatoms. The summed E-state index contributed by atoms with van der Waals surface area (Å²) in [7, 11) is 1.51. The normalized spacial score (nSPS) is 10.6. The summed E-state index contributed by atoms with van der Waals surface area (Å²) in [5, 5.41) is 4.23. The van der Waals surface area contributed by atoms with Crippen molar-refractivity contribution in [1.82, 2.24) is 9.78 Å². The molecule has 1 heterocycles. The van der Waals surface area contributed by atoms with Gasteiger partial charge in [0.25, 0.3) is 0 Å². The summed E-state index contributed by atoms with van der Waals surface area (Å²) in [6, 6.07) is 0. The van der Waals surface area contributed by atoms with Gasteiger partial charge in [0.05, 0.1) is 15.9 Å². The van der Waals surface area contributed by atoms with Crippen LogP contribution in [0.5, 0.6) is 0 Å². The minimum absolute atomic E-state index is 0.0191. The molecule has 0 aliphatic heterocycles. The van der Waals surface area contributed by atoms with Crippen molar-refractivity contribution in [3.05, 3.63) is 15.9 Å². The number of carbonyl (C=O) groups is 1. The van der Waals surface area contributed by atoms with Gasteiger partial charge in [0.2, 0.25) is 0 Å². The first-order valence-electron chi connectivity index (χ1n) is 4.26. The maximum Gasteiger partial charge on any atom is 0.179 e. The van der Waals surface area contributed by atoms with Gasteiger partial charge < -0.3 is 4.74 Å². The zero-order valence-electron chi connectivity index (χ0n) is 8.50. The van der Waals surface area contributed by atoms with Gasteiger partial charge in [-0.05, 0) is 29.8 Å². The Morgan fingerprint density at radius 2 is 2.21 bits per heavy atom. The number of ketones is 1. The summed E-state index contributed by atoms with van der Waals surface area (Å²) < 4.78 is 7.39. The number of rotatable bonds is 4. The van der Waals surface area contributed by atoms with Gasteiger partial charge in [0.15, 0.2) is 5.78 Å². The van der Waals surface area contributed by atoms with E-state index < -0.39 is 0 Å². The third-order valence-corrected chi connectivity index (χ3v) is 3.07. The number of aromatic nitrogens is 2. The summed E-state index contributed by atoms with van der Waals surface area (Å²) in [6.45, 7) is 4.22. The SMILES string of the molecule is COCC(=O)Cn1nc(C)c(Br)c1C. The Balaban J connectivity index is 2.77. The maximum absolute atomic E-state index is 11.3. The minimum atomic E-state index is 0.0191. The highest BCUT2D eigenvalue weighted by molar-refractivity contribution is 9.10. The van der Waals surface area contributed by atoms with E-state index in [1.54, 1.807) is 4.68 Å². The van der Waals surface area contributed by atoms with Crippen molar-refractivity contribution in [2.24, 2.45) is 0 Å². The Morgan fingerprint density at radius 1 is 1.57 bits per heavy atom. The first-order valence-corrected chi connectivity index (χ1v) is 5.05. The fraction of sp³-hybridized carbons (Fsp3) is 0.556. The van der Waals surface area contributed by atoms with Crippen LogP contribution in [-0.2, 0) is 16.1 Å². The summed E-state index contributed by atoms with van der Waals surface area (Å²) >= 11 is 3.40. The summed E-state index contributed by atoms with van der Waals surface area (Å²) in [5.74, 6) is 0.0191. The molecule has 0 saturated carbocycles. The molecule has 1 aromatic rings. The van der Waals surface area contributed by atoms with Crippen molar-refractivity contribution in [3.63, 3.8) is 0 Å². The standard InChI is InChI=1S/C9H13BrN2O2/c1-6-9(10)7(2)12(11-6)4-8(13)5-14-3/h4-5H2,1-3H3. The lowest BCUT2D eigenvalue weighted by atomic mass is 10.4. The summed E-state index contributed by atoms with van der Waals surface area (Å²) in [4.78, 5) is 11.3. The predicted molar refractivity (Wildman–Crippen MR) is 56.3 cm³/mol. The van der Waals surface area contributed by atoms with E-state index in [1.165, 1.54) is 7.11 Å². The molecule has 0 radical (unpaired) electrons. The van der Waals surface area contributed by atoms with Crippen LogP contribution >= 0.6 is 15.9 Å². The molecule has 78 valence electrons. The van der Waals surface area contributed by atoms with Gasteiger partial charge in [-0.1, -0.05) is 0 Å². The second-order valence-electron chi connectivity index (χ2n) is 3.11. The molecule has 0 unspecified atom stereocenters. The molecule has 0 aliphatic rings. The second-order valence-corrected chi connectivity index (χ2v) is 3.91. The van der Waals surface area contributed by atoms with E-state index in [0.717, 1.165) is 15.9 Å². The van der Waals surface area contributed by atoms with Crippen LogP contribution in [0.2, 0.25) is 0 Å². The van der Waals surface area contributed by atoms with Gasteiger partial charge in [-0.25, -0.2) is 0 Å². The lowest BCUT2D eigenvalue weighted by Gasteiger charge is -2.02. The molecule has 4 nitrogen and oxygen atoms in total. The third-order valence-electron chi connectivity index (χ3n) is 1.92. The van der Waals surface area contributed by atoms with Gasteiger partial charge >= 0.3 is 0 Å². The number of aryl methyl sites for hydroxylation is 1. The smallest absolute Gasteiger partial charge is 0.179 e. The molecule has 0 fully saturated rings. The Morgan fingerprint density at radius 3 is 2.64 bits per heavy atom. The maximum atomic E-state index is 11.3. The summed E-state index contributed by atoms with van der Waals surface area (Å²) in [6.07, 6.45) is 0. The van der Waals surface area contributed by atoms with Crippen molar-refractivity contribution in [3.8, 4) is 0 Å². The average Bonchev–Trinajstić information content (AvgIpc) is 2.34. The van der Waals surface area contributed by atoms with Crippen LogP contribution in [0.4, 0.5) is 0 Å². The van der Waals surface area contributed by atoms with Crippen LogP contribution in [0.1, 0.15) is 11.4 Å². The number of ether oxygens (including phenoxy) is 1. The molecule has 0 amide bonds. The van der Waals surface area contributed by atoms with Gasteiger partial charge in [-0.2, -0.15) is 5.10 Å². The highest BCUT2D eigenvalue weighted by Crippen LogP contribution is 2.19. The molecular weight excluding hydrogens is 248 g/mol. The van der Waals surface area contributed by atoms with Crippen molar-refractivity contribution < 1.29 is 9.53 Å². The van der Waals surface area contributed by atoms with E-state index in [-0.39, 0.29) is 18.9 Å². The molecule has 0 aliphatic carbocycles. The van der Waals surface area contributed by atoms with E-state index in [9.17, 15) is 4.79 Å². The van der Waals surface area contributed by atoms with Crippen molar-refractivity contribution >= 4 is 21.7 Å². The number of halogens is 1. The Hall–Kier alpha value is -0.680. The second kappa shape index (κ2) is 4.70. The lowest BCUT2D eigenvalue weighted by molar-refractivity contribution is -0.123. The molecule has 0 aromatic carbocycles. The van der Waals surface area contributed by atoms with Gasteiger partial charge in [-0.3, -0.25) is 9.48 Å². The molecule has 0 N–H and O–H groups in total. The topological polar surface area (TPSA) is 44.1 Å². The minimum Gasteiger partial charge on any atom is -0.377 e. The Kier molecular flexibility index (Phi) is 3.83. The van der Waals surface area contributed by atoms with E-state index in [4.69, 9.17) is 4.74 Å². The van der Waals surface area contributed by atoms with Gasteiger partial charge in [-0.15, -0.1) is 0 Å². The Labute approximate surface area is 91.4 Å². The molecule has 1 aromatic heterocycles. The third kappa shape index (κ3) is 2.42. The van der Waals surface area contributed by atoms with E-state index in [1.807, 2.05) is 13.8 Å². The molecule has 1 rings (SSSR count). The summed E-state index contributed by atoms with van der Waals surface area (Å²) in [5.41, 5.74) is 1.86. The van der Waals surface area contributed by atoms with Crippen LogP contribution in [0, 0.1) is 13.8 Å². The van der Waals surface area contributed by atoms with E-state index in [2.05, 4.69) is 21.0 Å². The van der Waals surface area contributed by atoms with Crippen LogP contribution in [0.3, 0.4) is 0 Å². The van der Waals surface area contributed by atoms with E-state index in [0.29, 0.717) is 0 Å². The lowest BCUT2D eigenvalue weighted by Crippen LogP contribution is -2.16. The zero-order chi connectivity index (χ0) is 10.7. The molecule has 0 atom stereocenters. The van der Waals surface area contributed by atoms with Crippen LogP contribution in [0.25, 0.3) is 0 Å². The highest BCUT2D eigenvalue weighted by Gasteiger charge is 2.11. The monoisotopic (exact) mass is 260 g/mol. The number of hydrogen-bond donors (Lipinski definition) is 0. The van der Waals surface area contributed by atoms with Crippen molar-refractivity contribution in [2.75, 3.05) is 13.7 Å². The number of Topliss-reactive ketones (excluding diaryl/α,β-unsaturated/α-hetero) is 1. The fourth-order valence-electron chi connectivity index (χ4n) is 1.20. The van der Waals surface area contributed by atoms with Crippen molar-refractivity contribution in [1.29, 1.82) is 0 Å². The fourth-order valence-corrected chi connectivity index (χ4v) is 1.49. The molecule has 0 bridgehead atoms. The predicted octanol–water partition coefficient (Wildman–Crippen LogP) is 1.48. The number of methoxy groups -OCH3 is 1. The molecule has 14 heavy (non-hydrogen) atoms. The van der Waals surface area contributed by atoms with Crippen molar-refractivity contribution in [2.45, 2.75) is 20.4 Å². The number of hydrogen-bond acceptors (Lipinski definition) is 3. The van der Waals surface area contributed by atoms with Crippen LogP contribution in [0.15, 0.2) is 4.47 Å². The highest BCUT2D eigenvalue weighted by atomic mass is 79.9. The zero-order valence-corrected chi connectivity index (χ0v) is 10.1. The largest absolute Gasteiger partial charge is 0.377 e. The first kappa shape index (κ1) is 11.4. The number of nitrogens with zero attached hydrogens (tertiary/aromatic N) is 2. The van der Waals surface area contributed by atoms with Crippen LogP contribution < -0.4 is 0 Å². The number of carbonyl (C=O) groups excluding carboxylic acids is 1. The van der Waals surface area contributed by atoms with Gasteiger partial charge in [0, 0.05) is 7.11 Å². The molecule has 0 saturated heterocycles. The van der Waals surface area contributed by atoms with E-state index >= 15 is 0 Å². The first-order chi connectivity index (χ1) is 6.56. The molecule has 0 spiro atoms. The molecular formula is C9H13BrN2O2.